The van der Waals surface area contributed by atoms with Crippen molar-refractivity contribution in [3.63, 3.8) is 0 Å². The molecule has 6 nitrogen and oxygen atoms in total. The van der Waals surface area contributed by atoms with Crippen molar-refractivity contribution in [2.45, 2.75) is 44.6 Å². The molecule has 1 aliphatic carbocycles. The van der Waals surface area contributed by atoms with E-state index in [1.165, 1.54) is 0 Å². The van der Waals surface area contributed by atoms with Gasteiger partial charge in [-0.1, -0.05) is 18.9 Å². The molecular weight excluding hydrogens is 322 g/mol. The Morgan fingerprint density at radius 3 is 2.68 bits per heavy atom. The summed E-state index contributed by atoms with van der Waals surface area (Å²) in [6, 6.07) is 7.21. The highest BCUT2D eigenvalue weighted by Crippen LogP contribution is 2.31. The van der Waals surface area contributed by atoms with E-state index >= 15 is 0 Å². The molecule has 0 aromatic heterocycles. The second-order valence-electron chi connectivity index (χ2n) is 6.80. The molecule has 1 amide bonds. The maximum absolute atomic E-state index is 12.5. The summed E-state index contributed by atoms with van der Waals surface area (Å²) >= 11 is 0. The Morgan fingerprint density at radius 2 is 1.96 bits per heavy atom. The zero-order chi connectivity index (χ0) is 17.6. The van der Waals surface area contributed by atoms with Gasteiger partial charge in [0.1, 0.15) is 12.4 Å². The highest BCUT2D eigenvalue weighted by molar-refractivity contribution is 5.95. The van der Waals surface area contributed by atoms with Crippen LogP contribution < -0.4 is 10.1 Å². The smallest absolute Gasteiger partial charge is 0.307 e. The lowest BCUT2D eigenvalue weighted by Gasteiger charge is -2.27. The molecule has 1 saturated heterocycles. The highest BCUT2D eigenvalue weighted by Gasteiger charge is 2.35. The quantitative estimate of drug-likeness (QED) is 0.826. The Bertz CT molecular complexity index is 612. The van der Waals surface area contributed by atoms with Gasteiger partial charge in [0.2, 0.25) is 5.91 Å². The Balaban J connectivity index is 1.58. The van der Waals surface area contributed by atoms with Gasteiger partial charge in [0.15, 0.2) is 0 Å². The normalized spacial score (nSPS) is 26.2. The summed E-state index contributed by atoms with van der Waals surface area (Å²) in [5.41, 5.74) is 0.629. The van der Waals surface area contributed by atoms with Crippen molar-refractivity contribution in [3.8, 4) is 5.75 Å². The first kappa shape index (κ1) is 17.7. The fraction of sp³-hybridized carbons (Fsp3) is 0.579. The third-order valence-electron chi connectivity index (χ3n) is 4.98. The van der Waals surface area contributed by atoms with Gasteiger partial charge in [-0.05, 0) is 37.8 Å². The van der Waals surface area contributed by atoms with E-state index in [0.717, 1.165) is 32.3 Å². The minimum atomic E-state index is -0.881. The first-order chi connectivity index (χ1) is 12.1. The number of carboxylic acid groups (broad SMARTS) is 1. The number of amides is 1. The number of nitrogens with one attached hydrogen (secondary N) is 1. The lowest BCUT2D eigenvalue weighted by atomic mass is 9.78. The molecule has 1 aromatic rings. The van der Waals surface area contributed by atoms with Crippen molar-refractivity contribution in [2.24, 2.45) is 11.8 Å². The molecule has 1 saturated carbocycles. The van der Waals surface area contributed by atoms with Crippen LogP contribution in [0.3, 0.4) is 0 Å². The number of ether oxygens (including phenoxy) is 2. The van der Waals surface area contributed by atoms with Gasteiger partial charge in [-0.15, -0.1) is 0 Å². The number of hydrogen-bond donors (Lipinski definition) is 2. The molecule has 3 unspecified atom stereocenters. The number of benzene rings is 1. The molecule has 6 heteroatoms. The Labute approximate surface area is 147 Å². The molecule has 2 aliphatic rings. The number of rotatable bonds is 6. The predicted octanol–water partition coefficient (Wildman–Crippen LogP) is 3.07. The third kappa shape index (κ3) is 4.72. The van der Waals surface area contributed by atoms with Crippen LogP contribution in [0.5, 0.6) is 5.75 Å². The molecule has 1 heterocycles. The summed E-state index contributed by atoms with van der Waals surface area (Å²) in [6.07, 6.45) is 5.16. The molecule has 1 aromatic carbocycles. The molecule has 1 aliphatic heterocycles. The number of hydrogen-bond acceptors (Lipinski definition) is 4. The number of carbonyl (C=O) groups excluding carboxylic acids is 1. The lowest BCUT2D eigenvalue weighted by molar-refractivity contribution is -0.147. The summed E-state index contributed by atoms with van der Waals surface area (Å²) in [4.78, 5) is 23.9. The Morgan fingerprint density at radius 1 is 1.16 bits per heavy atom. The summed E-state index contributed by atoms with van der Waals surface area (Å²) in [6.45, 7) is 1.29. The number of anilines is 1. The lowest BCUT2D eigenvalue weighted by Crippen LogP contribution is -2.36. The molecule has 2 N–H and O–H groups in total. The SMILES string of the molecule is O=C(O)C1CCCCC1C(=O)Nc1cccc(OCC2CCCO2)c1. The monoisotopic (exact) mass is 347 g/mol. The van der Waals surface area contributed by atoms with E-state index in [2.05, 4.69) is 5.32 Å². The van der Waals surface area contributed by atoms with Crippen molar-refractivity contribution in [1.82, 2.24) is 0 Å². The van der Waals surface area contributed by atoms with E-state index < -0.39 is 17.8 Å². The Hall–Kier alpha value is -2.08. The number of carbonyl (C=O) groups is 2. The van der Waals surface area contributed by atoms with Gasteiger partial charge in [-0.2, -0.15) is 0 Å². The second-order valence-corrected chi connectivity index (χ2v) is 6.80. The van der Waals surface area contributed by atoms with E-state index in [-0.39, 0.29) is 12.0 Å². The molecular formula is C19H25NO5. The fourth-order valence-corrected chi connectivity index (χ4v) is 3.60. The van der Waals surface area contributed by atoms with Crippen LogP contribution in [0.15, 0.2) is 24.3 Å². The summed E-state index contributed by atoms with van der Waals surface area (Å²) < 4.78 is 11.3. The highest BCUT2D eigenvalue weighted by atomic mass is 16.5. The standard InChI is InChI=1S/C19H25NO5/c21-18(16-8-1-2-9-17(16)19(22)23)20-13-5-3-6-14(11-13)25-12-15-7-4-10-24-15/h3,5-6,11,15-17H,1-2,4,7-10,12H2,(H,20,21)(H,22,23). The van der Waals surface area contributed by atoms with Crippen molar-refractivity contribution in [2.75, 3.05) is 18.5 Å². The zero-order valence-electron chi connectivity index (χ0n) is 14.3. The molecule has 3 atom stereocenters. The number of carboxylic acids is 1. The van der Waals surface area contributed by atoms with Crippen LogP contribution in [0.4, 0.5) is 5.69 Å². The first-order valence-electron chi connectivity index (χ1n) is 9.01. The van der Waals surface area contributed by atoms with Crippen molar-refractivity contribution < 1.29 is 24.2 Å². The molecule has 0 radical (unpaired) electrons. The maximum Gasteiger partial charge on any atom is 0.307 e. The van der Waals surface area contributed by atoms with Gasteiger partial charge in [0.25, 0.3) is 0 Å². The van der Waals surface area contributed by atoms with E-state index in [0.29, 0.717) is 30.9 Å². The van der Waals surface area contributed by atoms with Crippen LogP contribution in [0, 0.1) is 11.8 Å². The van der Waals surface area contributed by atoms with Gasteiger partial charge >= 0.3 is 5.97 Å². The van der Waals surface area contributed by atoms with Crippen LogP contribution in [0.2, 0.25) is 0 Å². The third-order valence-corrected chi connectivity index (χ3v) is 4.98. The van der Waals surface area contributed by atoms with Crippen molar-refractivity contribution in [1.29, 1.82) is 0 Å². The summed E-state index contributed by atoms with van der Waals surface area (Å²) in [5, 5.41) is 12.2. The van der Waals surface area contributed by atoms with Crippen LogP contribution in [0.25, 0.3) is 0 Å². The average molecular weight is 347 g/mol. The van der Waals surface area contributed by atoms with Crippen molar-refractivity contribution >= 4 is 17.6 Å². The van der Waals surface area contributed by atoms with Crippen molar-refractivity contribution in [3.05, 3.63) is 24.3 Å². The van der Waals surface area contributed by atoms with Crippen LogP contribution in [-0.4, -0.2) is 36.3 Å². The molecule has 0 spiro atoms. The van der Waals surface area contributed by atoms with Gasteiger partial charge in [0.05, 0.1) is 17.9 Å². The average Bonchev–Trinajstić information content (AvgIpc) is 3.14. The minimum Gasteiger partial charge on any atom is -0.491 e. The summed E-state index contributed by atoms with van der Waals surface area (Å²) in [7, 11) is 0. The number of aliphatic carboxylic acids is 1. The summed E-state index contributed by atoms with van der Waals surface area (Å²) in [5.74, 6) is -1.49. The largest absolute Gasteiger partial charge is 0.491 e. The molecule has 3 rings (SSSR count). The van der Waals surface area contributed by atoms with Gasteiger partial charge in [-0.3, -0.25) is 9.59 Å². The molecule has 25 heavy (non-hydrogen) atoms. The fourth-order valence-electron chi connectivity index (χ4n) is 3.60. The van der Waals surface area contributed by atoms with Gasteiger partial charge in [-0.25, -0.2) is 0 Å². The van der Waals surface area contributed by atoms with Crippen LogP contribution >= 0.6 is 0 Å². The first-order valence-corrected chi connectivity index (χ1v) is 9.01. The minimum absolute atomic E-state index is 0.136. The van der Waals surface area contributed by atoms with Gasteiger partial charge < -0.3 is 19.9 Å². The Kier molecular flexibility index (Phi) is 5.91. The van der Waals surface area contributed by atoms with Crippen LogP contribution in [-0.2, 0) is 14.3 Å². The van der Waals surface area contributed by atoms with Gasteiger partial charge in [0, 0.05) is 18.4 Å². The second kappa shape index (κ2) is 8.34. The molecule has 2 fully saturated rings. The van der Waals surface area contributed by atoms with E-state index in [1.54, 1.807) is 12.1 Å². The van der Waals surface area contributed by atoms with E-state index in [4.69, 9.17) is 9.47 Å². The van der Waals surface area contributed by atoms with E-state index in [1.807, 2.05) is 12.1 Å². The zero-order valence-corrected chi connectivity index (χ0v) is 14.3. The predicted molar refractivity (Wildman–Crippen MR) is 92.6 cm³/mol. The van der Waals surface area contributed by atoms with Crippen LogP contribution in [0.1, 0.15) is 38.5 Å². The molecule has 0 bridgehead atoms. The van der Waals surface area contributed by atoms with E-state index in [9.17, 15) is 14.7 Å². The maximum atomic E-state index is 12.5. The molecule has 136 valence electrons. The topological polar surface area (TPSA) is 84.9 Å².